The summed E-state index contributed by atoms with van der Waals surface area (Å²) in [6.07, 6.45) is 18.5. The largest absolute Gasteiger partial charge is 0.357 e. The maximum absolute atomic E-state index is 5.56. The van der Waals surface area contributed by atoms with Gasteiger partial charge in [0.2, 0.25) is 17.8 Å². The first kappa shape index (κ1) is 54.1. The molecule has 0 aromatic carbocycles. The fraction of sp³-hybridized carbons (Fsp3) is 0.943. The van der Waals surface area contributed by atoms with Crippen molar-refractivity contribution in [2.45, 2.75) is 282 Å². The lowest BCUT2D eigenvalue weighted by molar-refractivity contribution is 0.0805. The van der Waals surface area contributed by atoms with Crippen molar-refractivity contribution in [3.05, 3.63) is 0 Å². The van der Waals surface area contributed by atoms with E-state index >= 15 is 0 Å². The molecule has 0 atom stereocenters. The second kappa shape index (κ2) is 21.0. The van der Waals surface area contributed by atoms with Crippen molar-refractivity contribution in [2.75, 3.05) is 55.4 Å². The molecule has 0 unspecified atom stereocenters. The third-order valence-electron chi connectivity index (χ3n) is 15.0. The fourth-order valence-electron chi connectivity index (χ4n) is 13.9. The zero-order valence-electron chi connectivity index (χ0n) is 45.6. The summed E-state index contributed by atoms with van der Waals surface area (Å²) in [4.78, 5) is 23.8. The van der Waals surface area contributed by atoms with Crippen molar-refractivity contribution in [3.8, 4) is 0 Å². The molecule has 4 aliphatic rings. The maximum atomic E-state index is 5.56. The van der Waals surface area contributed by atoms with Crippen LogP contribution in [0.15, 0.2) is 0 Å². The topological polar surface area (TPSA) is 121 Å². The molecule has 1 aromatic rings. The Morgan fingerprint density at radius 1 is 0.431 bits per heavy atom. The minimum absolute atomic E-state index is 0.00330. The maximum Gasteiger partial charge on any atom is 0.232 e. The molecule has 65 heavy (non-hydrogen) atoms. The number of nitrogens with one attached hydrogen (secondary N) is 6. The van der Waals surface area contributed by atoms with Crippen LogP contribution in [0.4, 0.5) is 17.8 Å². The number of hydrogen-bond donors (Lipinski definition) is 6. The highest BCUT2D eigenvalue weighted by Gasteiger charge is 2.44. The number of rotatable bonds is 21. The van der Waals surface area contributed by atoms with Crippen molar-refractivity contribution in [1.29, 1.82) is 0 Å². The van der Waals surface area contributed by atoms with Crippen LogP contribution in [0.5, 0.6) is 0 Å². The summed E-state index contributed by atoms with van der Waals surface area (Å²) in [5.74, 6) is 2.34. The molecule has 4 aliphatic heterocycles. The summed E-state index contributed by atoms with van der Waals surface area (Å²) in [6, 6.07) is 1.83. The number of hydrogen-bond acceptors (Lipinski definition) is 12. The van der Waals surface area contributed by atoms with Crippen molar-refractivity contribution >= 4 is 17.8 Å². The average molecular weight is 909 g/mol. The van der Waals surface area contributed by atoms with Gasteiger partial charge in [0.1, 0.15) is 0 Å². The van der Waals surface area contributed by atoms with Crippen molar-refractivity contribution in [2.24, 2.45) is 0 Å². The lowest BCUT2D eigenvalue weighted by Crippen LogP contribution is -2.63. The second-order valence-electron chi connectivity index (χ2n) is 27.0. The van der Waals surface area contributed by atoms with Crippen LogP contribution in [0.2, 0.25) is 0 Å². The molecular weight excluding hydrogens is 805 g/mol. The van der Waals surface area contributed by atoms with Crippen LogP contribution in [-0.2, 0) is 0 Å². The Kier molecular flexibility index (Phi) is 17.5. The molecule has 0 radical (unpaired) electrons. The minimum Gasteiger partial charge on any atom is -0.357 e. The second-order valence-corrected chi connectivity index (χ2v) is 27.0. The van der Waals surface area contributed by atoms with Crippen molar-refractivity contribution < 1.29 is 0 Å². The highest BCUT2D eigenvalue weighted by molar-refractivity contribution is 5.47. The first-order valence-electron chi connectivity index (χ1n) is 26.4. The molecule has 0 saturated carbocycles. The van der Waals surface area contributed by atoms with Gasteiger partial charge >= 0.3 is 0 Å². The minimum atomic E-state index is 0.00330. The van der Waals surface area contributed by atoms with Gasteiger partial charge in [-0.05, 0) is 208 Å². The Morgan fingerprint density at radius 2 is 0.754 bits per heavy atom. The Balaban J connectivity index is 1.30. The SMILES string of the molecule is CNc1nc(N(CCCCCCNC2CC(C)(C)NC(C)(C)C2)C2CC(C)(C)NC(C)(C)C2)nc(N(CCCCCCN(C)C2CC(C)(C)NC(C)(C)C2)C2CC(C)(C)NC(C)(C)C2)n1. The smallest absolute Gasteiger partial charge is 0.232 e. The standard InChI is InChI=1S/C53H104N12/c1-46(2)31-39(32-47(3,4)59-46)55-27-23-19-20-25-29-64(41-35-50(9,10)61-51(11,12)36-41)44-56-43(54-17)57-45(58-44)65(42-37-52(13,14)62-53(15,16)38-42)30-26-22-21-24-28-63(18)40-33-48(5,6)60-49(7,8)34-40/h39-42,55,59-62H,19-38H2,1-18H3,(H,54,56,57,58). The fourth-order valence-corrected chi connectivity index (χ4v) is 13.9. The Morgan fingerprint density at radius 3 is 1.12 bits per heavy atom. The molecule has 12 heteroatoms. The summed E-state index contributed by atoms with van der Waals surface area (Å²) >= 11 is 0. The van der Waals surface area contributed by atoms with Gasteiger partial charge in [0.15, 0.2) is 0 Å². The van der Waals surface area contributed by atoms with Crippen LogP contribution in [-0.4, -0.2) is 129 Å². The molecule has 12 nitrogen and oxygen atoms in total. The molecular formula is C53H104N12. The van der Waals surface area contributed by atoms with Gasteiger partial charge in [-0.2, -0.15) is 15.0 Å². The normalized spacial score (nSPS) is 25.1. The van der Waals surface area contributed by atoms with Crippen LogP contribution in [0.3, 0.4) is 0 Å². The third kappa shape index (κ3) is 17.0. The molecule has 1 aromatic heterocycles. The van der Waals surface area contributed by atoms with Crippen LogP contribution < -0.4 is 41.7 Å². The summed E-state index contributed by atoms with van der Waals surface area (Å²) < 4.78 is 0. The number of anilines is 3. The monoisotopic (exact) mass is 909 g/mol. The summed E-state index contributed by atoms with van der Waals surface area (Å²) in [5.41, 5.74) is 0.685. The van der Waals surface area contributed by atoms with E-state index in [9.17, 15) is 0 Å². The van der Waals surface area contributed by atoms with Crippen molar-refractivity contribution in [3.63, 3.8) is 0 Å². The van der Waals surface area contributed by atoms with Gasteiger partial charge in [-0.1, -0.05) is 25.7 Å². The van der Waals surface area contributed by atoms with E-state index in [4.69, 9.17) is 15.0 Å². The van der Waals surface area contributed by atoms with Gasteiger partial charge in [0, 0.05) is 88.6 Å². The van der Waals surface area contributed by atoms with Crippen molar-refractivity contribution in [1.82, 2.24) is 46.4 Å². The Labute approximate surface area is 400 Å². The Hall–Kier alpha value is -1.83. The zero-order valence-corrected chi connectivity index (χ0v) is 45.6. The van der Waals surface area contributed by atoms with E-state index in [1.165, 1.54) is 64.2 Å². The highest BCUT2D eigenvalue weighted by atomic mass is 15.4. The van der Waals surface area contributed by atoms with Gasteiger partial charge < -0.3 is 46.6 Å². The third-order valence-corrected chi connectivity index (χ3v) is 15.0. The molecule has 376 valence electrons. The first-order chi connectivity index (χ1) is 29.9. The number of unbranched alkanes of at least 4 members (excludes halogenated alkanes) is 6. The molecule has 4 saturated heterocycles. The van der Waals surface area contributed by atoms with Gasteiger partial charge in [0.25, 0.3) is 0 Å². The predicted octanol–water partition coefficient (Wildman–Crippen LogP) is 9.41. The van der Waals surface area contributed by atoms with Gasteiger partial charge in [0.05, 0.1) is 0 Å². The van der Waals surface area contributed by atoms with Crippen LogP contribution in [0.1, 0.15) is 214 Å². The van der Waals surface area contributed by atoms with E-state index in [2.05, 4.69) is 164 Å². The zero-order chi connectivity index (χ0) is 48.3. The van der Waals surface area contributed by atoms with E-state index in [-0.39, 0.29) is 44.3 Å². The molecule has 0 spiro atoms. The number of piperidine rings is 4. The summed E-state index contributed by atoms with van der Waals surface area (Å²) in [6.45, 7) is 41.9. The lowest BCUT2D eigenvalue weighted by atomic mass is 9.79. The summed E-state index contributed by atoms with van der Waals surface area (Å²) in [7, 11) is 4.32. The molecule has 0 aliphatic carbocycles. The first-order valence-corrected chi connectivity index (χ1v) is 26.4. The van der Waals surface area contributed by atoms with Crippen LogP contribution in [0, 0.1) is 0 Å². The van der Waals surface area contributed by atoms with Gasteiger partial charge in [-0.3, -0.25) is 0 Å². The van der Waals surface area contributed by atoms with Crippen LogP contribution >= 0.6 is 0 Å². The quantitative estimate of drug-likeness (QED) is 0.0660. The summed E-state index contributed by atoms with van der Waals surface area (Å²) in [5, 5.41) is 22.9. The van der Waals surface area contributed by atoms with E-state index in [0.717, 1.165) is 76.6 Å². The average Bonchev–Trinajstić information content (AvgIpc) is 3.10. The molecule has 5 heterocycles. The van der Waals surface area contributed by atoms with E-state index in [0.29, 0.717) is 30.1 Å². The highest BCUT2D eigenvalue weighted by Crippen LogP contribution is 2.37. The molecule has 0 amide bonds. The van der Waals surface area contributed by atoms with E-state index in [1.54, 1.807) is 0 Å². The van der Waals surface area contributed by atoms with Gasteiger partial charge in [-0.25, -0.2) is 0 Å². The molecule has 5 rings (SSSR count). The van der Waals surface area contributed by atoms with Gasteiger partial charge in [-0.15, -0.1) is 0 Å². The number of nitrogens with zero attached hydrogens (tertiary/aromatic N) is 6. The van der Waals surface area contributed by atoms with E-state index in [1.807, 2.05) is 7.05 Å². The van der Waals surface area contributed by atoms with E-state index < -0.39 is 0 Å². The predicted molar refractivity (Wildman–Crippen MR) is 279 cm³/mol. The van der Waals surface area contributed by atoms with Crippen LogP contribution in [0.25, 0.3) is 0 Å². The Bertz CT molecular complexity index is 1580. The molecule has 4 fully saturated rings. The number of aromatic nitrogens is 3. The molecule has 0 bridgehead atoms. The molecule has 6 N–H and O–H groups in total. The lowest BCUT2D eigenvalue weighted by Gasteiger charge is -2.50.